The zero-order valence-electron chi connectivity index (χ0n) is 7.76. The molecule has 0 saturated heterocycles. The molecule has 0 amide bonds. The van der Waals surface area contributed by atoms with Crippen molar-refractivity contribution in [1.29, 1.82) is 0 Å². The summed E-state index contributed by atoms with van der Waals surface area (Å²) in [5.41, 5.74) is 0. The molecule has 1 fully saturated rings. The van der Waals surface area contributed by atoms with Crippen molar-refractivity contribution in [3.05, 3.63) is 24.3 Å². The average molecular weight is 176 g/mol. The van der Waals surface area contributed by atoms with Gasteiger partial charge < -0.3 is 5.11 Å². The molecule has 3 rings (SSSR count). The Bertz CT molecular complexity index is 266. The van der Waals surface area contributed by atoms with E-state index in [4.69, 9.17) is 5.11 Å². The highest BCUT2D eigenvalue weighted by atomic mass is 16.3. The second-order valence-corrected chi connectivity index (χ2v) is 4.66. The molecule has 0 heterocycles. The van der Waals surface area contributed by atoms with E-state index in [-0.39, 0.29) is 0 Å². The van der Waals surface area contributed by atoms with Gasteiger partial charge in [-0.05, 0) is 42.4 Å². The van der Waals surface area contributed by atoms with Crippen molar-refractivity contribution < 1.29 is 5.11 Å². The van der Waals surface area contributed by atoms with Gasteiger partial charge in [0.15, 0.2) is 0 Å². The van der Waals surface area contributed by atoms with Crippen LogP contribution in [0.25, 0.3) is 0 Å². The standard InChI is InChI=1S/C12H16O/c13-6-5-8-3-4-11-9-1-2-10(7-9)12(8)11/h1-4,8-13H,5-7H2/t8-,9-,10+,11-,12+/m1/s1. The molecule has 70 valence electrons. The first-order chi connectivity index (χ1) is 6.40. The maximum absolute atomic E-state index is 8.96. The lowest BCUT2D eigenvalue weighted by Gasteiger charge is -2.25. The third-order valence-electron chi connectivity index (χ3n) is 4.12. The number of aliphatic hydroxyl groups is 1. The van der Waals surface area contributed by atoms with Crippen molar-refractivity contribution in [2.75, 3.05) is 6.61 Å². The van der Waals surface area contributed by atoms with E-state index in [0.29, 0.717) is 12.5 Å². The molecule has 5 atom stereocenters. The van der Waals surface area contributed by atoms with Crippen LogP contribution in [-0.2, 0) is 0 Å². The van der Waals surface area contributed by atoms with Gasteiger partial charge in [0.25, 0.3) is 0 Å². The fraction of sp³-hybridized carbons (Fsp3) is 0.667. The van der Waals surface area contributed by atoms with Crippen molar-refractivity contribution in [3.63, 3.8) is 0 Å². The van der Waals surface area contributed by atoms with Crippen LogP contribution >= 0.6 is 0 Å². The van der Waals surface area contributed by atoms with Gasteiger partial charge in [-0.1, -0.05) is 24.3 Å². The van der Waals surface area contributed by atoms with Crippen molar-refractivity contribution in [2.24, 2.45) is 29.6 Å². The average Bonchev–Trinajstić information content (AvgIpc) is 2.74. The lowest BCUT2D eigenvalue weighted by Crippen LogP contribution is -2.21. The van der Waals surface area contributed by atoms with Gasteiger partial charge in [0.1, 0.15) is 0 Å². The molecule has 2 bridgehead atoms. The molecule has 0 aliphatic heterocycles. The second-order valence-electron chi connectivity index (χ2n) is 4.66. The van der Waals surface area contributed by atoms with Crippen LogP contribution < -0.4 is 0 Å². The van der Waals surface area contributed by atoms with Gasteiger partial charge in [-0.2, -0.15) is 0 Å². The summed E-state index contributed by atoms with van der Waals surface area (Å²) < 4.78 is 0. The van der Waals surface area contributed by atoms with E-state index in [2.05, 4.69) is 24.3 Å². The molecule has 0 aromatic heterocycles. The SMILES string of the molecule is OCC[C@H]1C=C[C@H]2[C@@H]1[C@H]1C=C[C@@H]2C1. The summed E-state index contributed by atoms with van der Waals surface area (Å²) in [6, 6.07) is 0. The van der Waals surface area contributed by atoms with E-state index in [1.54, 1.807) is 0 Å². The molecule has 0 aromatic rings. The minimum absolute atomic E-state index is 0.347. The van der Waals surface area contributed by atoms with Crippen LogP contribution in [0.3, 0.4) is 0 Å². The number of allylic oxidation sites excluding steroid dienone is 4. The Kier molecular flexibility index (Phi) is 1.63. The smallest absolute Gasteiger partial charge is 0.0436 e. The predicted octanol–water partition coefficient (Wildman–Crippen LogP) is 1.99. The van der Waals surface area contributed by atoms with Gasteiger partial charge in [0, 0.05) is 6.61 Å². The summed E-state index contributed by atoms with van der Waals surface area (Å²) in [6.45, 7) is 0.347. The second kappa shape index (κ2) is 2.71. The monoisotopic (exact) mass is 176 g/mol. The van der Waals surface area contributed by atoms with Gasteiger partial charge in [0.05, 0.1) is 0 Å². The van der Waals surface area contributed by atoms with E-state index in [9.17, 15) is 0 Å². The first-order valence-electron chi connectivity index (χ1n) is 5.37. The molecule has 1 saturated carbocycles. The number of rotatable bonds is 2. The Morgan fingerprint density at radius 1 is 1.08 bits per heavy atom. The minimum atomic E-state index is 0.347. The molecule has 0 unspecified atom stereocenters. The van der Waals surface area contributed by atoms with Crippen LogP contribution in [0.4, 0.5) is 0 Å². The summed E-state index contributed by atoms with van der Waals surface area (Å²) in [4.78, 5) is 0. The molecule has 0 spiro atoms. The van der Waals surface area contributed by atoms with Crippen LogP contribution in [0.2, 0.25) is 0 Å². The van der Waals surface area contributed by atoms with Crippen molar-refractivity contribution >= 4 is 0 Å². The molecule has 13 heavy (non-hydrogen) atoms. The molecule has 0 radical (unpaired) electrons. The highest BCUT2D eigenvalue weighted by Gasteiger charge is 2.48. The Morgan fingerprint density at radius 3 is 2.77 bits per heavy atom. The lowest BCUT2D eigenvalue weighted by molar-refractivity contribution is 0.223. The summed E-state index contributed by atoms with van der Waals surface area (Å²) in [6.07, 6.45) is 11.9. The fourth-order valence-electron chi connectivity index (χ4n) is 3.61. The molecular formula is C12H16O. The van der Waals surface area contributed by atoms with Gasteiger partial charge >= 0.3 is 0 Å². The van der Waals surface area contributed by atoms with Crippen molar-refractivity contribution in [1.82, 2.24) is 0 Å². The highest BCUT2D eigenvalue weighted by Crippen LogP contribution is 2.55. The summed E-state index contributed by atoms with van der Waals surface area (Å²) in [5.74, 6) is 3.96. The van der Waals surface area contributed by atoms with Crippen LogP contribution in [-0.4, -0.2) is 11.7 Å². The molecule has 1 heteroatoms. The summed E-state index contributed by atoms with van der Waals surface area (Å²) in [7, 11) is 0. The van der Waals surface area contributed by atoms with Gasteiger partial charge in [-0.3, -0.25) is 0 Å². The quantitative estimate of drug-likeness (QED) is 0.638. The van der Waals surface area contributed by atoms with E-state index in [1.807, 2.05) is 0 Å². The Morgan fingerprint density at radius 2 is 1.92 bits per heavy atom. The topological polar surface area (TPSA) is 20.2 Å². The number of fused-ring (bicyclic) bond motifs is 5. The maximum Gasteiger partial charge on any atom is 0.0436 e. The molecule has 3 aliphatic carbocycles. The summed E-state index contributed by atoms with van der Waals surface area (Å²) >= 11 is 0. The van der Waals surface area contributed by atoms with Crippen molar-refractivity contribution in [3.8, 4) is 0 Å². The van der Waals surface area contributed by atoms with E-state index in [1.165, 1.54) is 6.42 Å². The van der Waals surface area contributed by atoms with Crippen LogP contribution in [0.15, 0.2) is 24.3 Å². The number of aliphatic hydroxyl groups excluding tert-OH is 1. The van der Waals surface area contributed by atoms with Crippen molar-refractivity contribution in [2.45, 2.75) is 12.8 Å². The maximum atomic E-state index is 8.96. The largest absolute Gasteiger partial charge is 0.396 e. The van der Waals surface area contributed by atoms with E-state index in [0.717, 1.165) is 30.1 Å². The highest BCUT2D eigenvalue weighted by molar-refractivity contribution is 5.23. The van der Waals surface area contributed by atoms with Gasteiger partial charge in [-0.25, -0.2) is 0 Å². The predicted molar refractivity (Wildman–Crippen MR) is 52.0 cm³/mol. The zero-order chi connectivity index (χ0) is 8.84. The molecule has 1 N–H and O–H groups in total. The third kappa shape index (κ3) is 0.969. The van der Waals surface area contributed by atoms with Gasteiger partial charge in [0.2, 0.25) is 0 Å². The Labute approximate surface area is 79.2 Å². The number of hydrogen-bond donors (Lipinski definition) is 1. The lowest BCUT2D eigenvalue weighted by atomic mass is 9.79. The number of hydrogen-bond acceptors (Lipinski definition) is 1. The van der Waals surface area contributed by atoms with Crippen LogP contribution in [0, 0.1) is 29.6 Å². The zero-order valence-corrected chi connectivity index (χ0v) is 7.76. The molecular weight excluding hydrogens is 160 g/mol. The Balaban J connectivity index is 1.83. The van der Waals surface area contributed by atoms with Gasteiger partial charge in [-0.15, -0.1) is 0 Å². The van der Waals surface area contributed by atoms with Crippen LogP contribution in [0.1, 0.15) is 12.8 Å². The van der Waals surface area contributed by atoms with Crippen LogP contribution in [0.5, 0.6) is 0 Å². The molecule has 0 aromatic carbocycles. The van der Waals surface area contributed by atoms with E-state index < -0.39 is 0 Å². The summed E-state index contributed by atoms with van der Waals surface area (Å²) in [5, 5.41) is 8.96. The minimum Gasteiger partial charge on any atom is -0.396 e. The third-order valence-corrected chi connectivity index (χ3v) is 4.12. The fourth-order valence-corrected chi connectivity index (χ4v) is 3.61. The first kappa shape index (κ1) is 7.81. The first-order valence-corrected chi connectivity index (χ1v) is 5.37. The molecule has 3 aliphatic rings. The normalized spacial score (nSPS) is 50.4. The Hall–Kier alpha value is -0.560. The van der Waals surface area contributed by atoms with E-state index >= 15 is 0 Å². The molecule has 1 nitrogen and oxygen atoms in total.